The van der Waals surface area contributed by atoms with Crippen LogP contribution >= 0.6 is 11.6 Å². The van der Waals surface area contributed by atoms with Crippen LogP contribution in [0.3, 0.4) is 0 Å². The Bertz CT molecular complexity index is 482. The van der Waals surface area contributed by atoms with Crippen LogP contribution in [0, 0.1) is 6.92 Å². The molecule has 0 unspecified atom stereocenters. The summed E-state index contributed by atoms with van der Waals surface area (Å²) < 4.78 is 0. The third kappa shape index (κ3) is 2.45. The van der Waals surface area contributed by atoms with Crippen molar-refractivity contribution in [3.63, 3.8) is 0 Å². The van der Waals surface area contributed by atoms with Gasteiger partial charge >= 0.3 is 0 Å². The second-order valence-electron chi connectivity index (χ2n) is 3.80. The summed E-state index contributed by atoms with van der Waals surface area (Å²) in [6.07, 6.45) is 0.969. The highest BCUT2D eigenvalue weighted by Gasteiger charge is 2.02. The monoisotopic (exact) mass is 234 g/mol. The topological polar surface area (TPSA) is 24.9 Å². The fraction of sp³-hybridized carbons (Fsp3) is 0.308. The Balaban J connectivity index is 2.34. The second kappa shape index (κ2) is 5.17. The standard InChI is InChI=1S/C13H15ClN2/c1-10-9-13(15-8-4-7-14)11-5-2-3-6-12(11)16-10/h2-3,5-6,9H,4,7-8H2,1H3,(H,15,16). The highest BCUT2D eigenvalue weighted by molar-refractivity contribution is 6.17. The molecule has 0 aliphatic rings. The fourth-order valence-electron chi connectivity index (χ4n) is 1.74. The fourth-order valence-corrected chi connectivity index (χ4v) is 1.88. The van der Waals surface area contributed by atoms with Gasteiger partial charge in [-0.05, 0) is 25.5 Å². The SMILES string of the molecule is Cc1cc(NCCCCl)c2ccccc2n1. The molecule has 0 amide bonds. The molecular formula is C13H15ClN2. The summed E-state index contributed by atoms with van der Waals surface area (Å²) in [5.41, 5.74) is 3.22. The van der Waals surface area contributed by atoms with E-state index in [0.29, 0.717) is 5.88 Å². The summed E-state index contributed by atoms with van der Waals surface area (Å²) in [6, 6.07) is 10.2. The van der Waals surface area contributed by atoms with E-state index in [9.17, 15) is 0 Å². The lowest BCUT2D eigenvalue weighted by atomic mass is 10.1. The molecule has 3 heteroatoms. The molecule has 2 rings (SSSR count). The van der Waals surface area contributed by atoms with E-state index >= 15 is 0 Å². The number of anilines is 1. The predicted molar refractivity (Wildman–Crippen MR) is 70.3 cm³/mol. The van der Waals surface area contributed by atoms with Gasteiger partial charge in [-0.3, -0.25) is 4.98 Å². The minimum absolute atomic E-state index is 0.689. The molecule has 0 aliphatic carbocycles. The number of benzene rings is 1. The Morgan fingerprint density at radius 1 is 1.31 bits per heavy atom. The van der Waals surface area contributed by atoms with Crippen LogP contribution in [0.4, 0.5) is 5.69 Å². The second-order valence-corrected chi connectivity index (χ2v) is 4.18. The zero-order valence-corrected chi connectivity index (χ0v) is 10.1. The van der Waals surface area contributed by atoms with Crippen molar-refractivity contribution in [1.29, 1.82) is 0 Å². The van der Waals surface area contributed by atoms with Gasteiger partial charge in [-0.15, -0.1) is 11.6 Å². The Hall–Kier alpha value is -1.28. The smallest absolute Gasteiger partial charge is 0.0725 e. The minimum Gasteiger partial charge on any atom is -0.384 e. The third-order valence-electron chi connectivity index (χ3n) is 2.47. The quantitative estimate of drug-likeness (QED) is 0.646. The van der Waals surface area contributed by atoms with E-state index in [1.807, 2.05) is 25.1 Å². The number of para-hydroxylation sites is 1. The van der Waals surface area contributed by atoms with Crippen molar-refractivity contribution in [2.75, 3.05) is 17.7 Å². The van der Waals surface area contributed by atoms with E-state index in [1.54, 1.807) is 0 Å². The average molecular weight is 235 g/mol. The molecule has 0 atom stereocenters. The summed E-state index contributed by atoms with van der Waals surface area (Å²) in [4.78, 5) is 4.50. The highest BCUT2D eigenvalue weighted by atomic mass is 35.5. The predicted octanol–water partition coefficient (Wildman–Crippen LogP) is 3.58. The van der Waals surface area contributed by atoms with Crippen LogP contribution in [0.15, 0.2) is 30.3 Å². The Morgan fingerprint density at radius 3 is 2.94 bits per heavy atom. The van der Waals surface area contributed by atoms with Crippen LogP contribution in [0.5, 0.6) is 0 Å². The van der Waals surface area contributed by atoms with Crippen LogP contribution in [0.2, 0.25) is 0 Å². The molecule has 1 aromatic heterocycles. The summed E-state index contributed by atoms with van der Waals surface area (Å²) in [5, 5.41) is 4.57. The molecule has 2 nitrogen and oxygen atoms in total. The third-order valence-corrected chi connectivity index (χ3v) is 2.74. The van der Waals surface area contributed by atoms with Gasteiger partial charge in [0.1, 0.15) is 0 Å². The van der Waals surface area contributed by atoms with E-state index in [4.69, 9.17) is 11.6 Å². The van der Waals surface area contributed by atoms with Gasteiger partial charge in [-0.1, -0.05) is 18.2 Å². The van der Waals surface area contributed by atoms with E-state index in [1.165, 1.54) is 5.39 Å². The first-order chi connectivity index (χ1) is 7.81. The highest BCUT2D eigenvalue weighted by Crippen LogP contribution is 2.22. The molecule has 1 heterocycles. The maximum absolute atomic E-state index is 5.66. The largest absolute Gasteiger partial charge is 0.384 e. The van der Waals surface area contributed by atoms with Crippen LogP contribution < -0.4 is 5.32 Å². The van der Waals surface area contributed by atoms with Crippen molar-refractivity contribution < 1.29 is 0 Å². The lowest BCUT2D eigenvalue weighted by molar-refractivity contribution is 0.987. The van der Waals surface area contributed by atoms with Crippen LogP contribution in [0.25, 0.3) is 10.9 Å². The van der Waals surface area contributed by atoms with E-state index < -0.39 is 0 Å². The van der Waals surface area contributed by atoms with Gasteiger partial charge in [0, 0.05) is 29.2 Å². The summed E-state index contributed by atoms with van der Waals surface area (Å²) in [5.74, 6) is 0.689. The number of aromatic nitrogens is 1. The molecule has 1 N–H and O–H groups in total. The first kappa shape index (κ1) is 11.2. The molecule has 0 spiro atoms. The minimum atomic E-state index is 0.689. The van der Waals surface area contributed by atoms with Crippen molar-refractivity contribution >= 4 is 28.2 Å². The molecular weight excluding hydrogens is 220 g/mol. The average Bonchev–Trinajstić information content (AvgIpc) is 2.29. The first-order valence-electron chi connectivity index (χ1n) is 5.47. The van der Waals surface area contributed by atoms with Crippen LogP contribution in [-0.2, 0) is 0 Å². The van der Waals surface area contributed by atoms with Crippen LogP contribution in [0.1, 0.15) is 12.1 Å². The molecule has 1 aromatic carbocycles. The molecule has 0 saturated heterocycles. The summed E-state index contributed by atoms with van der Waals surface area (Å²) in [6.45, 7) is 2.91. The van der Waals surface area contributed by atoms with Gasteiger partial charge < -0.3 is 5.32 Å². The number of hydrogen-bond donors (Lipinski definition) is 1. The molecule has 0 fully saturated rings. The molecule has 0 radical (unpaired) electrons. The van der Waals surface area contributed by atoms with Crippen LogP contribution in [-0.4, -0.2) is 17.4 Å². The lowest BCUT2D eigenvalue weighted by Crippen LogP contribution is -2.03. The van der Waals surface area contributed by atoms with E-state index in [0.717, 1.165) is 29.9 Å². The number of halogens is 1. The van der Waals surface area contributed by atoms with Gasteiger partial charge in [0.05, 0.1) is 5.52 Å². The molecule has 2 aromatic rings. The summed E-state index contributed by atoms with van der Waals surface area (Å²) in [7, 11) is 0. The zero-order chi connectivity index (χ0) is 11.4. The van der Waals surface area contributed by atoms with Gasteiger partial charge in [0.2, 0.25) is 0 Å². The zero-order valence-electron chi connectivity index (χ0n) is 9.33. The number of pyridine rings is 1. The lowest BCUT2D eigenvalue weighted by Gasteiger charge is -2.09. The number of aryl methyl sites for hydroxylation is 1. The molecule has 0 saturated carbocycles. The van der Waals surface area contributed by atoms with Crippen molar-refractivity contribution in [2.45, 2.75) is 13.3 Å². The van der Waals surface area contributed by atoms with E-state index in [-0.39, 0.29) is 0 Å². The van der Waals surface area contributed by atoms with Crippen molar-refractivity contribution in [3.05, 3.63) is 36.0 Å². The number of nitrogens with one attached hydrogen (secondary N) is 1. The van der Waals surface area contributed by atoms with Gasteiger partial charge in [0.15, 0.2) is 0 Å². The Labute approximate surface area is 101 Å². The van der Waals surface area contributed by atoms with Gasteiger partial charge in [-0.25, -0.2) is 0 Å². The van der Waals surface area contributed by atoms with Gasteiger partial charge in [0.25, 0.3) is 0 Å². The first-order valence-corrected chi connectivity index (χ1v) is 6.01. The van der Waals surface area contributed by atoms with Crippen molar-refractivity contribution in [2.24, 2.45) is 0 Å². The maximum atomic E-state index is 5.66. The van der Waals surface area contributed by atoms with Crippen molar-refractivity contribution in [3.8, 4) is 0 Å². The Kier molecular flexibility index (Phi) is 3.62. The normalized spacial score (nSPS) is 10.6. The number of alkyl halides is 1. The molecule has 0 aliphatic heterocycles. The number of rotatable bonds is 4. The van der Waals surface area contributed by atoms with Crippen molar-refractivity contribution in [1.82, 2.24) is 4.98 Å². The van der Waals surface area contributed by atoms with E-state index in [2.05, 4.69) is 22.4 Å². The molecule has 0 bridgehead atoms. The number of hydrogen-bond acceptors (Lipinski definition) is 2. The summed E-state index contributed by atoms with van der Waals surface area (Å²) >= 11 is 5.66. The number of fused-ring (bicyclic) bond motifs is 1. The molecule has 16 heavy (non-hydrogen) atoms. The maximum Gasteiger partial charge on any atom is 0.0725 e. The van der Waals surface area contributed by atoms with Gasteiger partial charge in [-0.2, -0.15) is 0 Å². The Morgan fingerprint density at radius 2 is 2.12 bits per heavy atom. The molecule has 84 valence electrons. The number of nitrogens with zero attached hydrogens (tertiary/aromatic N) is 1.